The molecule has 1 fully saturated rings. The van der Waals surface area contributed by atoms with Crippen LogP contribution in [0.3, 0.4) is 0 Å². The lowest BCUT2D eigenvalue weighted by Crippen LogP contribution is -2.28. The summed E-state index contributed by atoms with van der Waals surface area (Å²) in [6.07, 6.45) is 3.61. The van der Waals surface area contributed by atoms with Crippen LogP contribution in [0.2, 0.25) is 0 Å². The summed E-state index contributed by atoms with van der Waals surface area (Å²) in [5, 5.41) is 0. The largest absolute Gasteiger partial charge is 0.426 e. The van der Waals surface area contributed by atoms with Gasteiger partial charge in [0.1, 0.15) is 5.75 Å². The van der Waals surface area contributed by atoms with Gasteiger partial charge in [0, 0.05) is 6.54 Å². The van der Waals surface area contributed by atoms with Crippen LogP contribution in [0.5, 0.6) is 5.75 Å². The third-order valence-electron chi connectivity index (χ3n) is 3.67. The van der Waals surface area contributed by atoms with Crippen molar-refractivity contribution in [1.82, 2.24) is 0 Å². The van der Waals surface area contributed by atoms with E-state index in [0.717, 1.165) is 25.7 Å². The molecule has 0 amide bonds. The van der Waals surface area contributed by atoms with E-state index in [1.54, 1.807) is 12.1 Å². The molecule has 0 saturated heterocycles. The van der Waals surface area contributed by atoms with Crippen LogP contribution in [-0.4, -0.2) is 18.5 Å². The van der Waals surface area contributed by atoms with Gasteiger partial charge in [-0.3, -0.25) is 9.79 Å². The first-order chi connectivity index (χ1) is 9.65. The van der Waals surface area contributed by atoms with Gasteiger partial charge in [-0.1, -0.05) is 18.2 Å². The number of hydrogen-bond donors (Lipinski definition) is 2. The molecule has 0 bridgehead atoms. The smallest absolute Gasteiger partial charge is 0.314 e. The van der Waals surface area contributed by atoms with Gasteiger partial charge in [-0.15, -0.1) is 12.4 Å². The molecule has 0 aromatic heterocycles. The van der Waals surface area contributed by atoms with Crippen LogP contribution < -0.4 is 16.2 Å². The predicted octanol–water partition coefficient (Wildman–Crippen LogP) is 2.09. The minimum atomic E-state index is -0.128. The number of ether oxygens (including phenoxy) is 1. The van der Waals surface area contributed by atoms with E-state index >= 15 is 0 Å². The van der Waals surface area contributed by atoms with Crippen LogP contribution in [-0.2, 0) is 4.79 Å². The molecule has 0 unspecified atom stereocenters. The minimum Gasteiger partial charge on any atom is -0.426 e. The predicted molar refractivity (Wildman–Crippen MR) is 85.4 cm³/mol. The first kappa shape index (κ1) is 17.3. The molecule has 1 aliphatic carbocycles. The summed E-state index contributed by atoms with van der Waals surface area (Å²) >= 11 is 0. The molecule has 1 aromatic rings. The molecule has 5 nitrogen and oxygen atoms in total. The number of halogens is 1. The zero-order valence-electron chi connectivity index (χ0n) is 11.9. The standard InChI is InChI=1S/C15H21N3O2.ClH/c16-15(17)18-10-11-6-8-12(9-7-11)14(19)20-13-4-2-1-3-5-13;/h1-5,11-12H,6-10H2,(H4,16,17,18);1H. The number of para-hydroxylation sites is 1. The van der Waals surface area contributed by atoms with Crippen LogP contribution in [0.4, 0.5) is 0 Å². The molecule has 1 aliphatic rings. The van der Waals surface area contributed by atoms with Crippen LogP contribution >= 0.6 is 12.4 Å². The fourth-order valence-electron chi connectivity index (χ4n) is 2.50. The number of nitrogens with zero attached hydrogens (tertiary/aromatic N) is 1. The molecular formula is C15H22ClN3O2. The van der Waals surface area contributed by atoms with E-state index in [1.165, 1.54) is 0 Å². The first-order valence-corrected chi connectivity index (χ1v) is 6.97. The highest BCUT2D eigenvalue weighted by Gasteiger charge is 2.27. The normalized spacial score (nSPS) is 21.0. The zero-order valence-corrected chi connectivity index (χ0v) is 12.7. The highest BCUT2D eigenvalue weighted by Crippen LogP contribution is 2.30. The van der Waals surface area contributed by atoms with Crippen LogP contribution in [0, 0.1) is 11.8 Å². The molecule has 0 radical (unpaired) electrons. The third kappa shape index (κ3) is 5.63. The number of hydrogen-bond acceptors (Lipinski definition) is 3. The van der Waals surface area contributed by atoms with Gasteiger partial charge in [0.25, 0.3) is 0 Å². The number of carbonyl (C=O) groups is 1. The molecule has 21 heavy (non-hydrogen) atoms. The second-order valence-corrected chi connectivity index (χ2v) is 5.22. The summed E-state index contributed by atoms with van der Waals surface area (Å²) in [6, 6.07) is 9.19. The maximum Gasteiger partial charge on any atom is 0.314 e. The van der Waals surface area contributed by atoms with Crippen molar-refractivity contribution in [3.05, 3.63) is 30.3 Å². The number of nitrogens with two attached hydrogens (primary N) is 2. The van der Waals surface area contributed by atoms with Crippen LogP contribution in [0.1, 0.15) is 25.7 Å². The van der Waals surface area contributed by atoms with Gasteiger partial charge in [-0.05, 0) is 43.7 Å². The van der Waals surface area contributed by atoms with Gasteiger partial charge in [0.15, 0.2) is 5.96 Å². The van der Waals surface area contributed by atoms with E-state index in [9.17, 15) is 4.79 Å². The van der Waals surface area contributed by atoms with Gasteiger partial charge >= 0.3 is 5.97 Å². The zero-order chi connectivity index (χ0) is 14.4. The summed E-state index contributed by atoms with van der Waals surface area (Å²) in [5.41, 5.74) is 10.6. The van der Waals surface area contributed by atoms with Gasteiger partial charge < -0.3 is 16.2 Å². The van der Waals surface area contributed by atoms with E-state index in [0.29, 0.717) is 18.2 Å². The average molecular weight is 312 g/mol. The first-order valence-electron chi connectivity index (χ1n) is 6.97. The summed E-state index contributed by atoms with van der Waals surface area (Å²) < 4.78 is 5.38. The molecule has 116 valence electrons. The number of esters is 1. The molecule has 0 atom stereocenters. The Morgan fingerprint density at radius 3 is 2.33 bits per heavy atom. The van der Waals surface area contributed by atoms with Crippen molar-refractivity contribution in [3.63, 3.8) is 0 Å². The lowest BCUT2D eigenvalue weighted by atomic mass is 9.82. The SMILES string of the molecule is Cl.NC(N)=NCC1CCC(C(=O)Oc2ccccc2)CC1. The monoisotopic (exact) mass is 311 g/mol. The number of rotatable bonds is 4. The maximum atomic E-state index is 12.1. The van der Waals surface area contributed by atoms with Crippen LogP contribution in [0.25, 0.3) is 0 Å². The lowest BCUT2D eigenvalue weighted by molar-refractivity contribution is -0.140. The third-order valence-corrected chi connectivity index (χ3v) is 3.67. The quantitative estimate of drug-likeness (QED) is 0.385. The van der Waals surface area contributed by atoms with E-state index in [1.807, 2.05) is 18.2 Å². The lowest BCUT2D eigenvalue weighted by Gasteiger charge is -2.26. The highest BCUT2D eigenvalue weighted by molar-refractivity contribution is 5.85. The molecule has 1 saturated carbocycles. The number of guanidine groups is 1. The topological polar surface area (TPSA) is 90.7 Å². The molecule has 0 aliphatic heterocycles. The second kappa shape index (κ2) is 8.52. The average Bonchev–Trinajstić information content (AvgIpc) is 2.46. The Labute approximate surface area is 131 Å². The van der Waals surface area contributed by atoms with Gasteiger partial charge in [-0.2, -0.15) is 0 Å². The molecule has 1 aromatic carbocycles. The van der Waals surface area contributed by atoms with Crippen molar-refractivity contribution in [2.75, 3.05) is 6.54 Å². The van der Waals surface area contributed by atoms with Crippen molar-refractivity contribution in [2.24, 2.45) is 28.3 Å². The molecule has 0 spiro atoms. The number of benzene rings is 1. The minimum absolute atomic E-state index is 0. The number of carbonyl (C=O) groups excluding carboxylic acids is 1. The van der Waals surface area contributed by atoms with E-state index in [2.05, 4.69) is 4.99 Å². The summed E-state index contributed by atoms with van der Waals surface area (Å²) in [5.74, 6) is 1.08. The molecule has 6 heteroatoms. The van der Waals surface area contributed by atoms with Gasteiger partial charge in [-0.25, -0.2) is 0 Å². The van der Waals surface area contributed by atoms with E-state index in [-0.39, 0.29) is 30.3 Å². The number of aliphatic imine (C=N–C) groups is 1. The summed E-state index contributed by atoms with van der Waals surface area (Å²) in [7, 11) is 0. The Morgan fingerprint density at radius 1 is 1.14 bits per heavy atom. The summed E-state index contributed by atoms with van der Waals surface area (Å²) in [4.78, 5) is 16.1. The molecular weight excluding hydrogens is 290 g/mol. The van der Waals surface area contributed by atoms with E-state index < -0.39 is 0 Å². The second-order valence-electron chi connectivity index (χ2n) is 5.22. The Bertz CT molecular complexity index is 467. The Hall–Kier alpha value is -1.75. The van der Waals surface area contributed by atoms with Crippen molar-refractivity contribution >= 4 is 24.3 Å². The van der Waals surface area contributed by atoms with Crippen molar-refractivity contribution in [1.29, 1.82) is 0 Å². The Kier molecular flexibility index (Phi) is 7.02. The Morgan fingerprint density at radius 2 is 1.76 bits per heavy atom. The molecule has 4 N–H and O–H groups in total. The van der Waals surface area contributed by atoms with Crippen LogP contribution in [0.15, 0.2) is 35.3 Å². The maximum absolute atomic E-state index is 12.1. The van der Waals surface area contributed by atoms with Crippen molar-refractivity contribution in [2.45, 2.75) is 25.7 Å². The summed E-state index contributed by atoms with van der Waals surface area (Å²) in [6.45, 7) is 0.656. The fraction of sp³-hybridized carbons (Fsp3) is 0.467. The van der Waals surface area contributed by atoms with Gasteiger partial charge in [0.05, 0.1) is 5.92 Å². The van der Waals surface area contributed by atoms with Crippen molar-refractivity contribution < 1.29 is 9.53 Å². The van der Waals surface area contributed by atoms with Crippen molar-refractivity contribution in [3.8, 4) is 5.75 Å². The highest BCUT2D eigenvalue weighted by atomic mass is 35.5. The van der Waals surface area contributed by atoms with E-state index in [4.69, 9.17) is 16.2 Å². The fourth-order valence-corrected chi connectivity index (χ4v) is 2.50. The molecule has 0 heterocycles. The van der Waals surface area contributed by atoms with Gasteiger partial charge in [0.2, 0.25) is 0 Å². The molecule has 2 rings (SSSR count). The Balaban J connectivity index is 0.00000220.